The van der Waals surface area contributed by atoms with Crippen LogP contribution in [0.3, 0.4) is 0 Å². The highest BCUT2D eigenvalue weighted by Gasteiger charge is 2.25. The lowest BCUT2D eigenvalue weighted by atomic mass is 10.0. The lowest BCUT2D eigenvalue weighted by molar-refractivity contribution is -0.119. The van der Waals surface area contributed by atoms with Crippen LogP contribution in [0, 0.1) is 33.5 Å². The van der Waals surface area contributed by atoms with Crippen LogP contribution in [0.15, 0.2) is 42.6 Å². The molecule has 0 spiro atoms. The molecule has 0 saturated carbocycles. The number of aryl methyl sites for hydroxylation is 3. The molecule has 2 aromatic carbocycles. The number of rotatable bonds is 8. The zero-order valence-corrected chi connectivity index (χ0v) is 21.4. The first-order valence-corrected chi connectivity index (χ1v) is 12.6. The Bertz CT molecular complexity index is 1630. The Morgan fingerprint density at radius 3 is 2.38 bits per heavy atom. The quantitative estimate of drug-likeness (QED) is 0.317. The monoisotopic (exact) mass is 527 g/mol. The molecule has 2 aromatic heterocycles. The van der Waals surface area contributed by atoms with E-state index in [1.807, 2.05) is 32.0 Å². The Labute approximate surface area is 213 Å². The Hall–Kier alpha value is -4.16. The van der Waals surface area contributed by atoms with Crippen LogP contribution in [0.25, 0.3) is 16.9 Å². The van der Waals surface area contributed by atoms with E-state index in [1.54, 1.807) is 24.3 Å². The van der Waals surface area contributed by atoms with E-state index >= 15 is 0 Å². The molecule has 1 amide bonds. The molecule has 0 bridgehead atoms. The summed E-state index contributed by atoms with van der Waals surface area (Å²) in [5, 5.41) is 8.49. The van der Waals surface area contributed by atoms with Crippen LogP contribution in [0.4, 0.5) is 15.9 Å². The van der Waals surface area contributed by atoms with Crippen molar-refractivity contribution < 1.29 is 26.5 Å². The van der Waals surface area contributed by atoms with Gasteiger partial charge in [0.15, 0.2) is 12.4 Å². The molecule has 4 aromatic rings. The molecular formula is C25H26FN5O5S. The lowest BCUT2D eigenvalue weighted by Crippen LogP contribution is -2.22. The van der Waals surface area contributed by atoms with E-state index in [2.05, 4.69) is 5.32 Å². The van der Waals surface area contributed by atoms with Crippen molar-refractivity contribution in [1.82, 2.24) is 9.38 Å². The Kier molecular flexibility index (Phi) is 6.80. The van der Waals surface area contributed by atoms with Gasteiger partial charge in [0.1, 0.15) is 28.7 Å². The van der Waals surface area contributed by atoms with Gasteiger partial charge in [0.2, 0.25) is 0 Å². The molecule has 0 aliphatic rings. The minimum Gasteiger partial charge on any atom is -0.483 e. The highest BCUT2D eigenvalue weighted by molar-refractivity contribution is 7.84. The number of nitrogens with one attached hydrogen (secondary N) is 1. The predicted molar refractivity (Wildman–Crippen MR) is 138 cm³/mol. The number of amides is 1. The van der Waals surface area contributed by atoms with E-state index in [-0.39, 0.29) is 17.1 Å². The van der Waals surface area contributed by atoms with Crippen LogP contribution in [0.5, 0.6) is 11.5 Å². The zero-order chi connectivity index (χ0) is 27.1. The third-order valence-corrected chi connectivity index (χ3v) is 6.16. The van der Waals surface area contributed by atoms with E-state index in [4.69, 9.17) is 24.8 Å². The minimum atomic E-state index is -4.35. The van der Waals surface area contributed by atoms with Crippen LogP contribution in [0.2, 0.25) is 0 Å². The van der Waals surface area contributed by atoms with Gasteiger partial charge in [-0.2, -0.15) is 13.6 Å². The molecule has 0 radical (unpaired) electrons. The second-order valence-corrected chi connectivity index (χ2v) is 9.78. The molecule has 0 unspecified atom stereocenters. The number of imidazole rings is 1. The summed E-state index contributed by atoms with van der Waals surface area (Å²) in [4.78, 5) is 16.3. The molecule has 0 aliphatic heterocycles. The number of aromatic nitrogens is 2. The van der Waals surface area contributed by atoms with Crippen LogP contribution < -0.4 is 25.1 Å². The van der Waals surface area contributed by atoms with Crippen molar-refractivity contribution in [3.05, 3.63) is 70.7 Å². The summed E-state index contributed by atoms with van der Waals surface area (Å²) in [6, 6.07) is 10.2. The molecular weight excluding hydrogens is 501 g/mol. The van der Waals surface area contributed by atoms with Crippen molar-refractivity contribution in [2.45, 2.75) is 27.7 Å². The summed E-state index contributed by atoms with van der Waals surface area (Å²) in [5.41, 5.74) is 9.88. The number of nitrogens with two attached hydrogens (primary N) is 2. The van der Waals surface area contributed by atoms with E-state index < -0.39 is 28.6 Å². The standard InChI is InChI=1S/C25H26FN5O5S/c1-13-6-5-7-14(2)21(13)30-25-22(29-20-9-8-17(26)11-31(20)25)18-10-15(3)23(36-37(28,33)34)16(4)24(18)35-12-19(27)32/h5-11,30H,12H2,1-4H3,(H2,27,32)(H2,28,33,34). The molecule has 37 heavy (non-hydrogen) atoms. The maximum atomic E-state index is 14.3. The summed E-state index contributed by atoms with van der Waals surface area (Å²) in [7, 11) is -4.35. The number of nitrogens with zero attached hydrogens (tertiary/aromatic N) is 2. The third-order valence-electron chi connectivity index (χ3n) is 5.77. The van der Waals surface area contributed by atoms with E-state index in [0.29, 0.717) is 28.3 Å². The number of carbonyl (C=O) groups is 1. The highest BCUT2D eigenvalue weighted by atomic mass is 32.2. The molecule has 12 heteroatoms. The largest absolute Gasteiger partial charge is 0.483 e. The topological polar surface area (TPSA) is 151 Å². The fourth-order valence-electron chi connectivity index (χ4n) is 4.15. The van der Waals surface area contributed by atoms with Gasteiger partial charge in [0, 0.05) is 23.0 Å². The first-order valence-electron chi connectivity index (χ1n) is 11.1. The fraction of sp³-hybridized carbons (Fsp3) is 0.200. The normalized spacial score (nSPS) is 11.5. The van der Waals surface area contributed by atoms with Crippen molar-refractivity contribution in [3.8, 4) is 22.8 Å². The van der Waals surface area contributed by atoms with Gasteiger partial charge in [-0.25, -0.2) is 9.37 Å². The van der Waals surface area contributed by atoms with Gasteiger partial charge in [-0.05, 0) is 62.6 Å². The number of para-hydroxylation sites is 1. The maximum Gasteiger partial charge on any atom is 0.380 e. The number of hydrogen-bond donors (Lipinski definition) is 3. The molecule has 10 nitrogen and oxygen atoms in total. The van der Waals surface area contributed by atoms with E-state index in [1.165, 1.54) is 18.3 Å². The molecule has 4 rings (SSSR count). The van der Waals surface area contributed by atoms with Crippen LogP contribution in [-0.4, -0.2) is 30.3 Å². The highest BCUT2D eigenvalue weighted by Crippen LogP contribution is 2.44. The number of primary amides is 1. The van der Waals surface area contributed by atoms with Crippen LogP contribution in [-0.2, 0) is 15.1 Å². The van der Waals surface area contributed by atoms with Gasteiger partial charge in [0.05, 0.1) is 0 Å². The van der Waals surface area contributed by atoms with Crippen molar-refractivity contribution >= 4 is 33.4 Å². The maximum absolute atomic E-state index is 14.3. The van der Waals surface area contributed by atoms with Gasteiger partial charge in [-0.3, -0.25) is 9.20 Å². The van der Waals surface area contributed by atoms with E-state index in [9.17, 15) is 17.6 Å². The molecule has 0 saturated heterocycles. The Morgan fingerprint density at radius 2 is 1.76 bits per heavy atom. The van der Waals surface area contributed by atoms with Crippen molar-refractivity contribution in [3.63, 3.8) is 0 Å². The predicted octanol–water partition coefficient (Wildman–Crippen LogP) is 3.56. The summed E-state index contributed by atoms with van der Waals surface area (Å²) < 4.78 is 50.0. The van der Waals surface area contributed by atoms with Crippen molar-refractivity contribution in [1.29, 1.82) is 0 Å². The number of pyridine rings is 1. The number of fused-ring (bicyclic) bond motifs is 1. The third kappa shape index (κ3) is 5.34. The number of hydrogen-bond acceptors (Lipinski definition) is 7. The molecule has 0 atom stereocenters. The SMILES string of the molecule is Cc1cccc(C)c1Nc1c(-c2cc(C)c(OS(N)(=O)=O)c(C)c2OCC(N)=O)nc2ccc(F)cn12. The number of anilines is 2. The van der Waals surface area contributed by atoms with Gasteiger partial charge in [-0.15, -0.1) is 0 Å². The summed E-state index contributed by atoms with van der Waals surface area (Å²) in [6.07, 6.45) is 1.30. The average molecular weight is 528 g/mol. The first-order chi connectivity index (χ1) is 17.4. The van der Waals surface area contributed by atoms with E-state index in [0.717, 1.165) is 16.8 Å². The second kappa shape index (κ2) is 9.71. The zero-order valence-electron chi connectivity index (χ0n) is 20.6. The summed E-state index contributed by atoms with van der Waals surface area (Å²) in [5.74, 6) is -0.739. The number of carbonyl (C=O) groups excluding carboxylic acids is 1. The fourth-order valence-corrected chi connectivity index (χ4v) is 4.64. The van der Waals surface area contributed by atoms with Crippen LogP contribution >= 0.6 is 0 Å². The molecule has 0 fully saturated rings. The molecule has 194 valence electrons. The Morgan fingerprint density at radius 1 is 1.08 bits per heavy atom. The van der Waals surface area contributed by atoms with Crippen molar-refractivity contribution in [2.24, 2.45) is 10.9 Å². The molecule has 2 heterocycles. The lowest BCUT2D eigenvalue weighted by Gasteiger charge is -2.19. The van der Waals surface area contributed by atoms with Gasteiger partial charge >= 0.3 is 10.3 Å². The molecule has 0 aliphatic carbocycles. The smallest absolute Gasteiger partial charge is 0.380 e. The summed E-state index contributed by atoms with van der Waals surface area (Å²) in [6.45, 7) is 6.57. The number of ether oxygens (including phenoxy) is 1. The second-order valence-electron chi connectivity index (χ2n) is 8.63. The van der Waals surface area contributed by atoms with Crippen molar-refractivity contribution in [2.75, 3.05) is 11.9 Å². The Balaban J connectivity index is 2.02. The average Bonchev–Trinajstić information content (AvgIpc) is 3.14. The van der Waals surface area contributed by atoms with Crippen LogP contribution in [0.1, 0.15) is 22.3 Å². The van der Waals surface area contributed by atoms with Gasteiger partial charge in [0.25, 0.3) is 5.91 Å². The molecule has 5 N–H and O–H groups in total. The summed E-state index contributed by atoms with van der Waals surface area (Å²) >= 11 is 0. The number of benzene rings is 2. The number of halogens is 1. The van der Waals surface area contributed by atoms with Gasteiger partial charge in [-0.1, -0.05) is 18.2 Å². The first kappa shape index (κ1) is 25.9. The minimum absolute atomic E-state index is 0.0511. The van der Waals surface area contributed by atoms with Gasteiger partial charge < -0.3 is 20.0 Å².